The number of pyridine rings is 1. The summed E-state index contributed by atoms with van der Waals surface area (Å²) in [6.45, 7) is 6.81. The molecular formula is C26H27N5O3S2. The first kappa shape index (κ1) is 24.3. The van der Waals surface area contributed by atoms with Crippen molar-refractivity contribution >= 4 is 49.0 Å². The molecule has 0 saturated carbocycles. The number of aryl methyl sites for hydroxylation is 1. The number of anilines is 2. The zero-order chi connectivity index (χ0) is 25.7. The van der Waals surface area contributed by atoms with Gasteiger partial charge in [0.25, 0.3) is 10.0 Å². The highest BCUT2D eigenvalue weighted by molar-refractivity contribution is 7.92. The average molecular weight is 522 g/mol. The fraction of sp³-hybridized carbons (Fsp3) is 0.308. The number of fused-ring (bicyclic) bond motifs is 2. The van der Waals surface area contributed by atoms with Gasteiger partial charge in [0.15, 0.2) is 0 Å². The predicted octanol–water partition coefficient (Wildman–Crippen LogP) is 4.85. The molecule has 0 aliphatic heterocycles. The minimum atomic E-state index is -3.89. The van der Waals surface area contributed by atoms with E-state index in [-0.39, 0.29) is 22.0 Å². The first-order valence-electron chi connectivity index (χ1n) is 11.7. The number of carbonyl (C=O) groups excluding carboxylic acids is 1. The third kappa shape index (κ3) is 4.58. The highest BCUT2D eigenvalue weighted by Crippen LogP contribution is 2.40. The molecule has 5 rings (SSSR count). The maximum Gasteiger partial charge on any atom is 0.264 e. The largest absolute Gasteiger partial charge is 0.397 e. The van der Waals surface area contributed by atoms with Crippen LogP contribution in [0.4, 0.5) is 11.6 Å². The number of nitrogens with two attached hydrogens (primary N) is 1. The van der Waals surface area contributed by atoms with Gasteiger partial charge in [0.1, 0.15) is 9.71 Å². The van der Waals surface area contributed by atoms with Gasteiger partial charge in [-0.3, -0.25) is 4.79 Å². The van der Waals surface area contributed by atoms with Crippen LogP contribution in [0.2, 0.25) is 0 Å². The van der Waals surface area contributed by atoms with Crippen LogP contribution in [-0.4, -0.2) is 29.2 Å². The molecule has 4 aromatic rings. The number of carbonyl (C=O) groups is 1. The number of hydrogen-bond donors (Lipinski definition) is 2. The van der Waals surface area contributed by atoms with Crippen molar-refractivity contribution in [3.8, 4) is 0 Å². The van der Waals surface area contributed by atoms with Crippen molar-refractivity contribution < 1.29 is 13.2 Å². The summed E-state index contributed by atoms with van der Waals surface area (Å²) in [5.41, 5.74) is 9.74. The molecule has 3 aromatic heterocycles. The van der Waals surface area contributed by atoms with Gasteiger partial charge in [-0.15, -0.1) is 11.3 Å². The molecule has 0 bridgehead atoms. The number of nitrogens with zero attached hydrogens (tertiary/aromatic N) is 3. The van der Waals surface area contributed by atoms with E-state index < -0.39 is 10.0 Å². The first-order chi connectivity index (χ1) is 17.0. The summed E-state index contributed by atoms with van der Waals surface area (Å²) in [7, 11) is -3.89. The second-order valence-corrected chi connectivity index (χ2v) is 12.8. The maximum absolute atomic E-state index is 13.3. The van der Waals surface area contributed by atoms with Gasteiger partial charge in [0.05, 0.1) is 10.6 Å². The molecule has 0 amide bonds. The van der Waals surface area contributed by atoms with E-state index in [0.717, 1.165) is 35.2 Å². The highest BCUT2D eigenvalue weighted by atomic mass is 32.2. The Morgan fingerprint density at radius 2 is 1.83 bits per heavy atom. The van der Waals surface area contributed by atoms with Crippen LogP contribution in [0.3, 0.4) is 0 Å². The minimum absolute atomic E-state index is 0.00133. The van der Waals surface area contributed by atoms with Gasteiger partial charge in [0.2, 0.25) is 11.7 Å². The Labute approximate surface area is 214 Å². The number of rotatable bonds is 5. The highest BCUT2D eigenvalue weighted by Gasteiger charge is 2.30. The number of ketones is 1. The standard InChI is InChI=1S/C26H27N5O3S2/c1-26(2,3)17-7-10-20-16(13-17)14-19-21(27)23(35-24(19)30-20)22(32)15-5-8-18(9-6-15)36(33,34)31-25-28-11-4-12-29-25/h4-6,8-9,11-12,14,17H,7,10,13,27H2,1-3H3,(H,28,29,31). The molecule has 0 radical (unpaired) electrons. The molecule has 8 nitrogen and oxygen atoms in total. The Morgan fingerprint density at radius 3 is 2.50 bits per heavy atom. The van der Waals surface area contributed by atoms with Gasteiger partial charge in [-0.05, 0) is 72.6 Å². The Balaban J connectivity index is 1.41. The van der Waals surface area contributed by atoms with Gasteiger partial charge in [-0.1, -0.05) is 20.8 Å². The van der Waals surface area contributed by atoms with E-state index in [0.29, 0.717) is 22.0 Å². The van der Waals surface area contributed by atoms with Crippen LogP contribution in [0.1, 0.15) is 53.7 Å². The molecule has 36 heavy (non-hydrogen) atoms. The number of thiophene rings is 1. The fourth-order valence-electron chi connectivity index (χ4n) is 4.55. The van der Waals surface area contributed by atoms with Crippen LogP contribution in [0.15, 0.2) is 53.7 Å². The van der Waals surface area contributed by atoms with Crippen LogP contribution < -0.4 is 10.5 Å². The minimum Gasteiger partial charge on any atom is -0.397 e. The van der Waals surface area contributed by atoms with Crippen LogP contribution in [-0.2, 0) is 22.9 Å². The summed E-state index contributed by atoms with van der Waals surface area (Å²) in [5, 5.41) is 0.808. The summed E-state index contributed by atoms with van der Waals surface area (Å²) in [5.74, 6) is 0.284. The molecule has 3 heterocycles. The van der Waals surface area contributed by atoms with E-state index in [4.69, 9.17) is 10.7 Å². The number of benzene rings is 1. The molecule has 1 aliphatic rings. The van der Waals surface area contributed by atoms with Gasteiger partial charge in [-0.25, -0.2) is 28.1 Å². The molecular weight excluding hydrogens is 494 g/mol. The number of nitrogen functional groups attached to an aromatic ring is 1. The number of sulfonamides is 1. The molecule has 1 atom stereocenters. The lowest BCUT2D eigenvalue weighted by Crippen LogP contribution is -2.27. The van der Waals surface area contributed by atoms with Crippen LogP contribution in [0.5, 0.6) is 0 Å². The molecule has 0 fully saturated rings. The summed E-state index contributed by atoms with van der Waals surface area (Å²) in [6, 6.07) is 9.42. The summed E-state index contributed by atoms with van der Waals surface area (Å²) in [4.78, 5) is 27.1. The number of hydrogen-bond acceptors (Lipinski definition) is 8. The summed E-state index contributed by atoms with van der Waals surface area (Å²) in [6.07, 6.45) is 5.86. The Bertz CT molecular complexity index is 1560. The lowest BCUT2D eigenvalue weighted by molar-refractivity contribution is 0.104. The van der Waals surface area contributed by atoms with Gasteiger partial charge in [-0.2, -0.15) is 0 Å². The second kappa shape index (κ2) is 8.94. The van der Waals surface area contributed by atoms with Crippen molar-refractivity contribution in [2.24, 2.45) is 11.3 Å². The third-order valence-corrected chi connectivity index (χ3v) is 9.19. The average Bonchev–Trinajstić information content (AvgIpc) is 3.17. The van der Waals surface area contributed by atoms with Crippen LogP contribution in [0.25, 0.3) is 10.2 Å². The fourth-order valence-corrected chi connectivity index (χ4v) is 6.56. The van der Waals surface area contributed by atoms with Crippen molar-refractivity contribution in [2.75, 3.05) is 10.5 Å². The van der Waals surface area contributed by atoms with E-state index in [9.17, 15) is 13.2 Å². The van der Waals surface area contributed by atoms with E-state index in [1.165, 1.54) is 53.6 Å². The van der Waals surface area contributed by atoms with Gasteiger partial charge < -0.3 is 5.73 Å². The van der Waals surface area contributed by atoms with Crippen molar-refractivity contribution in [1.82, 2.24) is 15.0 Å². The summed E-state index contributed by atoms with van der Waals surface area (Å²) < 4.78 is 27.6. The van der Waals surface area contributed by atoms with Crippen LogP contribution in [0, 0.1) is 11.3 Å². The van der Waals surface area contributed by atoms with Gasteiger partial charge >= 0.3 is 0 Å². The first-order valence-corrected chi connectivity index (χ1v) is 14.0. The monoisotopic (exact) mass is 521 g/mol. The third-order valence-electron chi connectivity index (χ3n) is 6.73. The molecule has 1 aromatic carbocycles. The normalized spacial score (nSPS) is 16.0. The van der Waals surface area contributed by atoms with Crippen molar-refractivity contribution in [1.29, 1.82) is 0 Å². The van der Waals surface area contributed by atoms with Crippen LogP contribution >= 0.6 is 11.3 Å². The van der Waals surface area contributed by atoms with Crippen molar-refractivity contribution in [3.63, 3.8) is 0 Å². The van der Waals surface area contributed by atoms with Gasteiger partial charge in [0, 0.05) is 29.0 Å². The maximum atomic E-state index is 13.3. The SMILES string of the molecule is CC(C)(C)C1CCc2nc3sc(C(=O)c4ccc(S(=O)(=O)Nc5ncccn5)cc4)c(N)c3cc2C1. The smallest absolute Gasteiger partial charge is 0.264 e. The quantitative estimate of drug-likeness (QED) is 0.359. The molecule has 0 spiro atoms. The Morgan fingerprint density at radius 1 is 1.14 bits per heavy atom. The van der Waals surface area contributed by atoms with E-state index in [1.807, 2.05) is 0 Å². The second-order valence-electron chi connectivity index (χ2n) is 10.1. The van der Waals surface area contributed by atoms with E-state index in [1.54, 1.807) is 6.07 Å². The van der Waals surface area contributed by atoms with Crippen molar-refractivity contribution in [2.45, 2.75) is 44.9 Å². The lowest BCUT2D eigenvalue weighted by atomic mass is 9.71. The topological polar surface area (TPSA) is 128 Å². The Hall–Kier alpha value is -3.37. The van der Waals surface area contributed by atoms with E-state index >= 15 is 0 Å². The molecule has 3 N–H and O–H groups in total. The molecule has 186 valence electrons. The zero-order valence-electron chi connectivity index (χ0n) is 20.3. The Kier molecular flexibility index (Phi) is 6.04. The predicted molar refractivity (Wildman–Crippen MR) is 142 cm³/mol. The lowest BCUT2D eigenvalue weighted by Gasteiger charge is -2.34. The molecule has 1 aliphatic carbocycles. The van der Waals surface area contributed by atoms with Crippen molar-refractivity contribution in [3.05, 3.63) is 70.5 Å². The molecule has 0 saturated heterocycles. The number of aromatic nitrogens is 3. The molecule has 10 heteroatoms. The molecule has 1 unspecified atom stereocenters. The zero-order valence-corrected chi connectivity index (χ0v) is 21.9. The van der Waals surface area contributed by atoms with E-state index in [2.05, 4.69) is 41.5 Å². The summed E-state index contributed by atoms with van der Waals surface area (Å²) >= 11 is 1.28. The number of nitrogens with one attached hydrogen (secondary N) is 1.